The van der Waals surface area contributed by atoms with Crippen LogP contribution in [0.4, 0.5) is 5.82 Å². The molecule has 0 spiro atoms. The first-order valence-electron chi connectivity index (χ1n) is 7.75. The Morgan fingerprint density at radius 1 is 1.08 bits per heavy atom. The minimum atomic E-state index is 0.174. The maximum atomic E-state index is 5.36. The van der Waals surface area contributed by atoms with Crippen molar-refractivity contribution in [1.29, 1.82) is 0 Å². The summed E-state index contributed by atoms with van der Waals surface area (Å²) in [5, 5.41) is 11.9. The molecular formula is C18H19N5O. The van der Waals surface area contributed by atoms with Crippen LogP contribution in [0.2, 0.25) is 0 Å². The Kier molecular flexibility index (Phi) is 4.96. The number of hydrogen-bond donors (Lipinski definition) is 1. The van der Waals surface area contributed by atoms with Crippen LogP contribution in [0.15, 0.2) is 55.0 Å². The lowest BCUT2D eigenvalue weighted by atomic mass is 10.1. The van der Waals surface area contributed by atoms with Crippen LogP contribution in [0, 0.1) is 0 Å². The molecule has 122 valence electrons. The molecule has 1 atom stereocenters. The van der Waals surface area contributed by atoms with Crippen molar-refractivity contribution in [2.75, 3.05) is 12.4 Å². The zero-order valence-corrected chi connectivity index (χ0v) is 13.7. The van der Waals surface area contributed by atoms with Crippen LogP contribution in [0.1, 0.15) is 12.6 Å². The van der Waals surface area contributed by atoms with E-state index in [1.807, 2.05) is 36.4 Å². The van der Waals surface area contributed by atoms with E-state index in [0.29, 0.717) is 0 Å². The summed E-state index contributed by atoms with van der Waals surface area (Å²) >= 11 is 0. The summed E-state index contributed by atoms with van der Waals surface area (Å²) in [7, 11) is 1.65. The summed E-state index contributed by atoms with van der Waals surface area (Å²) < 4.78 is 5.36. The highest BCUT2D eigenvalue weighted by molar-refractivity contribution is 5.67. The SMILES string of the molecule is COc1ccccc1-c1ccc(N[C@H](C)Cc2cnccn2)nn1. The number of aromatic nitrogens is 4. The molecule has 0 radical (unpaired) electrons. The molecule has 0 aliphatic rings. The number of methoxy groups -OCH3 is 1. The molecule has 3 aromatic rings. The lowest BCUT2D eigenvalue weighted by Crippen LogP contribution is -2.19. The molecule has 0 aliphatic carbocycles. The lowest BCUT2D eigenvalue weighted by Gasteiger charge is -2.14. The third-order valence-electron chi connectivity index (χ3n) is 3.57. The second kappa shape index (κ2) is 7.50. The van der Waals surface area contributed by atoms with Crippen LogP contribution in [-0.2, 0) is 6.42 Å². The average molecular weight is 321 g/mol. The molecule has 0 aliphatic heterocycles. The van der Waals surface area contributed by atoms with Gasteiger partial charge in [-0.2, -0.15) is 0 Å². The van der Waals surface area contributed by atoms with Gasteiger partial charge in [0.05, 0.1) is 18.5 Å². The van der Waals surface area contributed by atoms with Crippen LogP contribution in [-0.4, -0.2) is 33.3 Å². The van der Waals surface area contributed by atoms with E-state index in [9.17, 15) is 0 Å². The summed E-state index contributed by atoms with van der Waals surface area (Å²) in [5.74, 6) is 1.51. The Hall–Kier alpha value is -3.02. The Balaban J connectivity index is 1.68. The van der Waals surface area contributed by atoms with E-state index in [4.69, 9.17) is 4.74 Å². The number of hydrogen-bond acceptors (Lipinski definition) is 6. The molecule has 0 saturated heterocycles. The Morgan fingerprint density at radius 2 is 1.96 bits per heavy atom. The second-order valence-corrected chi connectivity index (χ2v) is 5.45. The monoisotopic (exact) mass is 321 g/mol. The molecule has 6 nitrogen and oxygen atoms in total. The van der Waals surface area contributed by atoms with Gasteiger partial charge in [-0.05, 0) is 31.2 Å². The van der Waals surface area contributed by atoms with E-state index < -0.39 is 0 Å². The van der Waals surface area contributed by atoms with Gasteiger partial charge in [0.2, 0.25) is 0 Å². The van der Waals surface area contributed by atoms with Crippen LogP contribution in [0.25, 0.3) is 11.3 Å². The van der Waals surface area contributed by atoms with Gasteiger partial charge in [-0.25, -0.2) is 0 Å². The molecule has 0 fully saturated rings. The molecule has 0 unspecified atom stereocenters. The van der Waals surface area contributed by atoms with Gasteiger partial charge in [0, 0.05) is 36.6 Å². The molecule has 24 heavy (non-hydrogen) atoms. The minimum Gasteiger partial charge on any atom is -0.496 e. The highest BCUT2D eigenvalue weighted by Crippen LogP contribution is 2.27. The maximum Gasteiger partial charge on any atom is 0.148 e. The summed E-state index contributed by atoms with van der Waals surface area (Å²) in [5.41, 5.74) is 2.64. The van der Waals surface area contributed by atoms with Gasteiger partial charge in [-0.3, -0.25) is 9.97 Å². The summed E-state index contributed by atoms with van der Waals surface area (Å²) in [6.45, 7) is 2.07. The quantitative estimate of drug-likeness (QED) is 0.752. The Labute approximate surface area is 141 Å². The number of nitrogens with one attached hydrogen (secondary N) is 1. The van der Waals surface area contributed by atoms with Gasteiger partial charge in [-0.15, -0.1) is 10.2 Å². The molecule has 1 N–H and O–H groups in total. The molecule has 0 bridgehead atoms. The molecule has 6 heteroatoms. The van der Waals surface area contributed by atoms with Crippen molar-refractivity contribution in [3.05, 3.63) is 60.7 Å². The minimum absolute atomic E-state index is 0.174. The molecule has 2 aromatic heterocycles. The predicted octanol–water partition coefficient (Wildman–Crippen LogP) is 2.99. The summed E-state index contributed by atoms with van der Waals surface area (Å²) in [6.07, 6.45) is 5.91. The number of nitrogens with zero attached hydrogens (tertiary/aromatic N) is 4. The van der Waals surface area contributed by atoms with Crippen molar-refractivity contribution in [2.24, 2.45) is 0 Å². The first-order valence-corrected chi connectivity index (χ1v) is 7.75. The first-order chi connectivity index (χ1) is 11.8. The van der Waals surface area contributed by atoms with Crippen LogP contribution >= 0.6 is 0 Å². The number of rotatable bonds is 6. The van der Waals surface area contributed by atoms with Crippen LogP contribution in [0.5, 0.6) is 5.75 Å². The van der Waals surface area contributed by atoms with Crippen LogP contribution in [0.3, 0.4) is 0 Å². The summed E-state index contributed by atoms with van der Waals surface area (Å²) in [6, 6.07) is 11.8. The zero-order valence-electron chi connectivity index (χ0n) is 13.7. The second-order valence-electron chi connectivity index (χ2n) is 5.45. The fraction of sp³-hybridized carbons (Fsp3) is 0.222. The molecule has 0 amide bonds. The van der Waals surface area contributed by atoms with E-state index in [0.717, 1.165) is 34.9 Å². The molecule has 2 heterocycles. The third kappa shape index (κ3) is 3.84. The normalized spacial score (nSPS) is 11.8. The molecule has 3 rings (SSSR count). The standard InChI is InChI=1S/C18H19N5O/c1-13(11-14-12-19-9-10-20-14)21-18-8-7-16(22-23-18)15-5-3-4-6-17(15)24-2/h3-10,12-13H,11H2,1-2H3,(H,21,23)/t13-/m1/s1. The smallest absolute Gasteiger partial charge is 0.148 e. The largest absolute Gasteiger partial charge is 0.496 e. The van der Waals surface area contributed by atoms with Gasteiger partial charge in [0.15, 0.2) is 0 Å². The van der Waals surface area contributed by atoms with Gasteiger partial charge >= 0.3 is 0 Å². The Morgan fingerprint density at radius 3 is 2.67 bits per heavy atom. The van der Waals surface area contributed by atoms with Crippen molar-refractivity contribution in [2.45, 2.75) is 19.4 Å². The highest BCUT2D eigenvalue weighted by Gasteiger charge is 2.09. The number of para-hydroxylation sites is 1. The highest BCUT2D eigenvalue weighted by atomic mass is 16.5. The number of anilines is 1. The Bertz CT molecular complexity index is 777. The molecule has 1 aromatic carbocycles. The topological polar surface area (TPSA) is 72.8 Å². The van der Waals surface area contributed by atoms with Crippen molar-refractivity contribution < 1.29 is 4.74 Å². The fourth-order valence-corrected chi connectivity index (χ4v) is 2.46. The van der Waals surface area contributed by atoms with Gasteiger partial charge in [-0.1, -0.05) is 12.1 Å². The van der Waals surface area contributed by atoms with Gasteiger partial charge < -0.3 is 10.1 Å². The molecule has 0 saturated carbocycles. The predicted molar refractivity (Wildman–Crippen MR) is 92.8 cm³/mol. The average Bonchev–Trinajstić information content (AvgIpc) is 2.63. The van der Waals surface area contributed by atoms with Gasteiger partial charge in [0.25, 0.3) is 0 Å². The summed E-state index contributed by atoms with van der Waals surface area (Å²) in [4.78, 5) is 8.36. The van der Waals surface area contributed by atoms with E-state index >= 15 is 0 Å². The van der Waals surface area contributed by atoms with Crippen molar-refractivity contribution in [3.63, 3.8) is 0 Å². The number of benzene rings is 1. The third-order valence-corrected chi connectivity index (χ3v) is 3.57. The fourth-order valence-electron chi connectivity index (χ4n) is 2.46. The van der Waals surface area contributed by atoms with Crippen LogP contribution < -0.4 is 10.1 Å². The van der Waals surface area contributed by atoms with E-state index in [1.54, 1.807) is 25.7 Å². The zero-order chi connectivity index (χ0) is 16.8. The van der Waals surface area contributed by atoms with Crippen molar-refractivity contribution in [1.82, 2.24) is 20.2 Å². The molecular weight excluding hydrogens is 302 g/mol. The van der Waals surface area contributed by atoms with E-state index in [2.05, 4.69) is 32.4 Å². The van der Waals surface area contributed by atoms with E-state index in [1.165, 1.54) is 0 Å². The van der Waals surface area contributed by atoms with Crippen molar-refractivity contribution >= 4 is 5.82 Å². The number of ether oxygens (including phenoxy) is 1. The maximum absolute atomic E-state index is 5.36. The first kappa shape index (κ1) is 15.9. The lowest BCUT2D eigenvalue weighted by molar-refractivity contribution is 0.416. The van der Waals surface area contributed by atoms with Crippen molar-refractivity contribution in [3.8, 4) is 17.0 Å². The van der Waals surface area contributed by atoms with Gasteiger partial charge in [0.1, 0.15) is 11.6 Å². The van der Waals surface area contributed by atoms with E-state index in [-0.39, 0.29) is 6.04 Å².